The summed E-state index contributed by atoms with van der Waals surface area (Å²) in [5.74, 6) is -1.73. The summed E-state index contributed by atoms with van der Waals surface area (Å²) in [5.41, 5.74) is 2.08. The van der Waals surface area contributed by atoms with Gasteiger partial charge in [0.2, 0.25) is 11.8 Å². The number of hydrogen-bond acceptors (Lipinski definition) is 9. The van der Waals surface area contributed by atoms with E-state index in [1.54, 1.807) is 12.3 Å². The molecule has 0 spiro atoms. The van der Waals surface area contributed by atoms with Gasteiger partial charge in [-0.1, -0.05) is 108 Å². The van der Waals surface area contributed by atoms with Crippen molar-refractivity contribution in [3.63, 3.8) is 0 Å². The maximum absolute atomic E-state index is 13.7. The standard InChI is InChI=1S/C42H59N5O6S/c1-7-28(4)37(46-39(50)35-20-14-15-21-47(35)6)40(51)44-33(27(2)3)24-36(48)41-45-34(26-54-41)38(49)43-32(23-30-16-10-8-11-17-30)22-29(5)42(52)53-25-31-18-12-9-13-19-31/h8-13,16-19,26-29,32-33,35-37,48H,7,14-15,20-25H2,1-6H3,(H,43,49)(H,44,51)(H,46,50)/t28-,29-,32+,33+,35+,36+,37-/m0/s1. The summed E-state index contributed by atoms with van der Waals surface area (Å²) < 4.78 is 5.57. The minimum Gasteiger partial charge on any atom is -0.461 e. The number of aromatic nitrogens is 1. The SMILES string of the molecule is CC[C@H](C)[C@H](NC(=O)[C@H]1CCCCN1C)C(=O)N[C@H](C[C@@H](O)c1nc(C(=O)N[C@@H](Cc2ccccc2)C[C@H](C)C(=O)OCc2ccccc2)cs1)C(C)C. The Hall–Kier alpha value is -4.13. The van der Waals surface area contributed by atoms with Crippen LogP contribution in [0.4, 0.5) is 0 Å². The van der Waals surface area contributed by atoms with Crippen LogP contribution in [0.5, 0.6) is 0 Å². The van der Waals surface area contributed by atoms with Gasteiger partial charge in [0.15, 0.2) is 0 Å². The third-order valence-electron chi connectivity index (χ3n) is 10.4. The highest BCUT2D eigenvalue weighted by Crippen LogP contribution is 2.26. The lowest BCUT2D eigenvalue weighted by molar-refractivity contribution is -0.149. The molecule has 12 heteroatoms. The van der Waals surface area contributed by atoms with Crippen LogP contribution in [0.3, 0.4) is 0 Å². The van der Waals surface area contributed by atoms with Gasteiger partial charge in [0.1, 0.15) is 29.5 Å². The second kappa shape index (κ2) is 21.1. The fraction of sp³-hybridized carbons (Fsp3) is 0.548. The Morgan fingerprint density at radius 2 is 1.59 bits per heavy atom. The van der Waals surface area contributed by atoms with Crippen LogP contribution < -0.4 is 16.0 Å². The first kappa shape index (κ1) is 42.6. The summed E-state index contributed by atoms with van der Waals surface area (Å²) in [7, 11) is 1.95. The lowest BCUT2D eigenvalue weighted by Crippen LogP contribution is -2.57. The number of esters is 1. The highest BCUT2D eigenvalue weighted by atomic mass is 32.1. The number of ether oxygens (including phenoxy) is 1. The molecule has 2 heterocycles. The molecule has 1 aromatic heterocycles. The largest absolute Gasteiger partial charge is 0.461 e. The number of thiazole rings is 1. The van der Waals surface area contributed by atoms with E-state index in [4.69, 9.17) is 4.74 Å². The normalized spacial score (nSPS) is 18.1. The summed E-state index contributed by atoms with van der Waals surface area (Å²) in [5, 5.41) is 22.5. The highest BCUT2D eigenvalue weighted by molar-refractivity contribution is 7.09. The average Bonchev–Trinajstić information content (AvgIpc) is 3.67. The number of hydrogen-bond donors (Lipinski definition) is 4. The van der Waals surface area contributed by atoms with Crippen LogP contribution in [-0.4, -0.2) is 76.4 Å². The van der Waals surface area contributed by atoms with E-state index in [-0.39, 0.29) is 60.4 Å². The van der Waals surface area contributed by atoms with Gasteiger partial charge in [-0.15, -0.1) is 11.3 Å². The van der Waals surface area contributed by atoms with Gasteiger partial charge >= 0.3 is 5.97 Å². The number of aliphatic hydroxyl groups is 1. The number of amides is 3. The predicted molar refractivity (Wildman–Crippen MR) is 212 cm³/mol. The van der Waals surface area contributed by atoms with E-state index < -0.39 is 30.0 Å². The molecule has 4 N–H and O–H groups in total. The summed E-state index contributed by atoms with van der Waals surface area (Å²) >= 11 is 1.18. The molecule has 0 unspecified atom stereocenters. The van der Waals surface area contributed by atoms with Crippen molar-refractivity contribution in [2.75, 3.05) is 13.6 Å². The monoisotopic (exact) mass is 761 g/mol. The van der Waals surface area contributed by atoms with Crippen LogP contribution in [0.1, 0.15) is 106 Å². The van der Waals surface area contributed by atoms with Crippen molar-refractivity contribution in [1.82, 2.24) is 25.8 Å². The minimum atomic E-state index is -1.03. The zero-order valence-corrected chi connectivity index (χ0v) is 33.4. The van der Waals surface area contributed by atoms with Crippen LogP contribution >= 0.6 is 11.3 Å². The van der Waals surface area contributed by atoms with Gasteiger partial charge in [0.05, 0.1) is 12.0 Å². The van der Waals surface area contributed by atoms with Gasteiger partial charge in [-0.25, -0.2) is 4.98 Å². The van der Waals surface area contributed by atoms with E-state index >= 15 is 0 Å². The molecule has 294 valence electrons. The lowest BCUT2D eigenvalue weighted by atomic mass is 9.94. The second-order valence-electron chi connectivity index (χ2n) is 15.1. The fourth-order valence-corrected chi connectivity index (χ4v) is 7.56. The molecular weight excluding hydrogens is 703 g/mol. The van der Waals surface area contributed by atoms with Crippen LogP contribution in [0.15, 0.2) is 66.0 Å². The number of piperidine rings is 1. The van der Waals surface area contributed by atoms with Crippen LogP contribution in [0, 0.1) is 17.8 Å². The van der Waals surface area contributed by atoms with Gasteiger partial charge in [0, 0.05) is 23.9 Å². The molecule has 1 fully saturated rings. The summed E-state index contributed by atoms with van der Waals surface area (Å²) in [6.07, 6.45) is 3.54. The van der Waals surface area contributed by atoms with Crippen molar-refractivity contribution in [3.05, 3.63) is 87.9 Å². The molecule has 3 amide bonds. The quantitative estimate of drug-likeness (QED) is 0.112. The fourth-order valence-electron chi connectivity index (χ4n) is 6.76. The zero-order chi connectivity index (χ0) is 39.2. The first-order valence-electron chi connectivity index (χ1n) is 19.4. The number of nitrogens with one attached hydrogen (secondary N) is 3. The molecule has 3 aromatic rings. The topological polar surface area (TPSA) is 150 Å². The van der Waals surface area contributed by atoms with Gasteiger partial charge in [-0.05, 0) is 62.2 Å². The number of nitrogens with zero attached hydrogens (tertiary/aromatic N) is 2. The Morgan fingerprint density at radius 1 is 0.926 bits per heavy atom. The molecule has 7 atom stereocenters. The van der Waals surface area contributed by atoms with Crippen molar-refractivity contribution >= 4 is 35.0 Å². The van der Waals surface area contributed by atoms with E-state index in [0.717, 1.165) is 36.9 Å². The number of likely N-dealkylation sites (N-methyl/N-ethyl adjacent to an activating group) is 1. The number of rotatable bonds is 19. The van der Waals surface area contributed by atoms with Gasteiger partial charge < -0.3 is 25.8 Å². The van der Waals surface area contributed by atoms with E-state index in [9.17, 15) is 24.3 Å². The molecule has 0 radical (unpaired) electrons. The molecule has 4 rings (SSSR count). The van der Waals surface area contributed by atoms with Crippen LogP contribution in [-0.2, 0) is 32.1 Å². The average molecular weight is 762 g/mol. The van der Waals surface area contributed by atoms with Crippen molar-refractivity contribution in [1.29, 1.82) is 0 Å². The van der Waals surface area contributed by atoms with E-state index in [1.807, 2.05) is 100 Å². The molecule has 0 saturated carbocycles. The number of likely N-dealkylation sites (tertiary alicyclic amines) is 1. The number of aliphatic hydroxyl groups excluding tert-OH is 1. The maximum atomic E-state index is 13.7. The van der Waals surface area contributed by atoms with Crippen molar-refractivity contribution in [2.45, 2.75) is 116 Å². The van der Waals surface area contributed by atoms with Gasteiger partial charge in [0.25, 0.3) is 5.91 Å². The molecule has 11 nitrogen and oxygen atoms in total. The van der Waals surface area contributed by atoms with Gasteiger partial charge in [-0.2, -0.15) is 0 Å². The summed E-state index contributed by atoms with van der Waals surface area (Å²) in [4.78, 5) is 60.0. The highest BCUT2D eigenvalue weighted by Gasteiger charge is 2.34. The third-order valence-corrected chi connectivity index (χ3v) is 11.4. The Bertz CT molecular complexity index is 1640. The number of carbonyl (C=O) groups excluding carboxylic acids is 4. The van der Waals surface area contributed by atoms with E-state index in [2.05, 4.69) is 20.9 Å². The van der Waals surface area contributed by atoms with Gasteiger partial charge in [-0.3, -0.25) is 24.1 Å². The van der Waals surface area contributed by atoms with Crippen LogP contribution in [0.2, 0.25) is 0 Å². The molecule has 0 aliphatic carbocycles. The second-order valence-corrected chi connectivity index (χ2v) is 16.0. The molecule has 54 heavy (non-hydrogen) atoms. The van der Waals surface area contributed by atoms with Crippen molar-refractivity contribution < 1.29 is 29.0 Å². The van der Waals surface area contributed by atoms with Crippen molar-refractivity contribution in [2.24, 2.45) is 17.8 Å². The Morgan fingerprint density at radius 3 is 2.22 bits per heavy atom. The van der Waals surface area contributed by atoms with E-state index in [0.29, 0.717) is 24.3 Å². The first-order chi connectivity index (χ1) is 25.9. The zero-order valence-electron chi connectivity index (χ0n) is 32.6. The number of carbonyl (C=O) groups is 4. The third kappa shape index (κ3) is 12.7. The Balaban J connectivity index is 1.38. The lowest BCUT2D eigenvalue weighted by Gasteiger charge is -2.34. The summed E-state index contributed by atoms with van der Waals surface area (Å²) in [6, 6.07) is 17.5. The molecule has 1 saturated heterocycles. The van der Waals surface area contributed by atoms with Crippen molar-refractivity contribution in [3.8, 4) is 0 Å². The Labute approximate surface area is 324 Å². The predicted octanol–water partition coefficient (Wildman–Crippen LogP) is 5.83. The molecule has 1 aliphatic heterocycles. The molecule has 2 aromatic carbocycles. The smallest absolute Gasteiger partial charge is 0.309 e. The van der Waals surface area contributed by atoms with Crippen LogP contribution in [0.25, 0.3) is 0 Å². The minimum absolute atomic E-state index is 0.0239. The molecule has 1 aliphatic rings. The van der Waals surface area contributed by atoms with E-state index in [1.165, 1.54) is 11.3 Å². The molecular formula is C42H59N5O6S. The number of benzene rings is 2. The maximum Gasteiger partial charge on any atom is 0.309 e. The summed E-state index contributed by atoms with van der Waals surface area (Å²) in [6.45, 7) is 10.7. The Kier molecular flexibility index (Phi) is 16.6. The molecule has 0 bridgehead atoms. The first-order valence-corrected chi connectivity index (χ1v) is 20.2.